The van der Waals surface area contributed by atoms with E-state index in [-0.39, 0.29) is 18.5 Å². The smallest absolute Gasteiger partial charge is 0.0790 e. The van der Waals surface area contributed by atoms with E-state index in [1.54, 1.807) is 4.90 Å². The van der Waals surface area contributed by atoms with Crippen molar-refractivity contribution < 1.29 is 22.4 Å². The zero-order valence-electron chi connectivity index (χ0n) is 11.7. The van der Waals surface area contributed by atoms with Crippen molar-refractivity contribution in [1.82, 2.24) is 0 Å². The normalized spacial score (nSPS) is 17.7. The van der Waals surface area contributed by atoms with Crippen molar-refractivity contribution >= 4 is 0 Å². The highest BCUT2D eigenvalue weighted by atomic mass is 35.5. The summed E-state index contributed by atoms with van der Waals surface area (Å²) in [5.74, 6) is 0. The van der Waals surface area contributed by atoms with Crippen molar-refractivity contribution in [2.45, 2.75) is 44.6 Å². The molecule has 1 saturated heterocycles. The van der Waals surface area contributed by atoms with E-state index in [0.29, 0.717) is 0 Å². The van der Waals surface area contributed by atoms with E-state index < -0.39 is 0 Å². The van der Waals surface area contributed by atoms with Gasteiger partial charge in [-0.15, -0.1) is 0 Å². The number of aliphatic hydroxyl groups excluding tert-OH is 1. The number of piperidine rings is 1. The molecule has 2 N–H and O–H groups in total. The molecule has 1 fully saturated rings. The molecule has 0 radical (unpaired) electrons. The fourth-order valence-electron chi connectivity index (χ4n) is 2.86. The molecular weight excluding hydrogens is 258 g/mol. The van der Waals surface area contributed by atoms with E-state index in [9.17, 15) is 5.11 Å². The van der Waals surface area contributed by atoms with Gasteiger partial charge in [-0.05, 0) is 44.1 Å². The Labute approximate surface area is 123 Å². The molecule has 0 bridgehead atoms. The van der Waals surface area contributed by atoms with Gasteiger partial charge in [0.05, 0.1) is 25.7 Å². The Morgan fingerprint density at radius 3 is 2.37 bits per heavy atom. The summed E-state index contributed by atoms with van der Waals surface area (Å²) < 4.78 is 0. The predicted octanol–water partition coefficient (Wildman–Crippen LogP) is -1.04. The van der Waals surface area contributed by atoms with Crippen LogP contribution in [0.15, 0.2) is 30.3 Å². The second kappa shape index (κ2) is 9.35. The zero-order valence-corrected chi connectivity index (χ0v) is 12.4. The maximum Gasteiger partial charge on any atom is 0.0790 e. The van der Waals surface area contributed by atoms with E-state index in [2.05, 4.69) is 0 Å². The van der Waals surface area contributed by atoms with E-state index in [1.165, 1.54) is 45.3 Å². The fourth-order valence-corrected chi connectivity index (χ4v) is 2.86. The minimum atomic E-state index is -0.275. The van der Waals surface area contributed by atoms with Crippen LogP contribution < -0.4 is 17.3 Å². The molecule has 1 unspecified atom stereocenters. The number of likely N-dealkylation sites (tertiary alicyclic amines) is 1. The monoisotopic (exact) mass is 283 g/mol. The van der Waals surface area contributed by atoms with Gasteiger partial charge in [0.15, 0.2) is 0 Å². The lowest BCUT2D eigenvalue weighted by atomic mass is 10.0. The van der Waals surface area contributed by atoms with E-state index in [0.717, 1.165) is 18.4 Å². The quantitative estimate of drug-likeness (QED) is 0.641. The number of aliphatic hydroxyl groups is 1. The molecule has 1 atom stereocenters. The average molecular weight is 284 g/mol. The first kappa shape index (κ1) is 16.5. The maximum absolute atomic E-state index is 10.1. The number of unbranched alkanes of at least 4 members (excludes halogenated alkanes) is 1. The van der Waals surface area contributed by atoms with Crippen LogP contribution in [-0.4, -0.2) is 24.7 Å². The molecule has 0 amide bonds. The summed E-state index contributed by atoms with van der Waals surface area (Å²) in [6, 6.07) is 10.0. The molecule has 3 heteroatoms. The Bertz CT molecular complexity index is 325. The summed E-state index contributed by atoms with van der Waals surface area (Å²) in [7, 11) is 0. The molecule has 1 aliphatic rings. The standard InChI is InChI=1S/C16H25NO.ClH/c18-16(15-9-3-1-4-10-15)11-5-8-14-17-12-6-2-7-13-17;/h1,3-4,9-10,16,18H,2,5-8,11-14H2;1H. The first-order valence-corrected chi connectivity index (χ1v) is 7.43. The van der Waals surface area contributed by atoms with Crippen molar-refractivity contribution in [3.8, 4) is 0 Å². The molecule has 19 heavy (non-hydrogen) atoms. The van der Waals surface area contributed by atoms with Crippen LogP contribution in [0.4, 0.5) is 0 Å². The fraction of sp³-hybridized carbons (Fsp3) is 0.625. The molecular formula is C16H26ClNO. The number of hydrogen-bond acceptors (Lipinski definition) is 1. The van der Waals surface area contributed by atoms with E-state index >= 15 is 0 Å². The van der Waals surface area contributed by atoms with Gasteiger partial charge in [0, 0.05) is 0 Å². The molecule has 108 valence electrons. The first-order valence-electron chi connectivity index (χ1n) is 7.43. The van der Waals surface area contributed by atoms with Crippen LogP contribution in [0, 0.1) is 0 Å². The molecule has 0 aliphatic carbocycles. The molecule has 2 nitrogen and oxygen atoms in total. The summed E-state index contributed by atoms with van der Waals surface area (Å²) in [6.07, 6.45) is 7.25. The van der Waals surface area contributed by atoms with Crippen LogP contribution in [0.25, 0.3) is 0 Å². The summed E-state index contributed by atoms with van der Waals surface area (Å²) in [4.78, 5) is 1.77. The van der Waals surface area contributed by atoms with Crippen molar-refractivity contribution in [3.63, 3.8) is 0 Å². The van der Waals surface area contributed by atoms with Crippen LogP contribution in [0.2, 0.25) is 0 Å². The molecule has 0 aromatic heterocycles. The number of nitrogens with one attached hydrogen (secondary N) is 1. The summed E-state index contributed by atoms with van der Waals surface area (Å²) in [5, 5.41) is 10.1. The highest BCUT2D eigenvalue weighted by Crippen LogP contribution is 2.18. The number of rotatable bonds is 6. The van der Waals surface area contributed by atoms with E-state index in [1.807, 2.05) is 30.3 Å². The molecule has 1 heterocycles. The number of quaternary nitrogens is 1. The third-order valence-electron chi connectivity index (χ3n) is 4.00. The highest BCUT2D eigenvalue weighted by molar-refractivity contribution is 5.16. The topological polar surface area (TPSA) is 24.7 Å². The second-order valence-electron chi connectivity index (χ2n) is 5.48. The molecule has 0 saturated carbocycles. The lowest BCUT2D eigenvalue weighted by Crippen LogP contribution is -3.12. The van der Waals surface area contributed by atoms with Crippen molar-refractivity contribution in [1.29, 1.82) is 0 Å². The Morgan fingerprint density at radius 1 is 1.00 bits per heavy atom. The van der Waals surface area contributed by atoms with Crippen LogP contribution in [-0.2, 0) is 0 Å². The predicted molar refractivity (Wildman–Crippen MR) is 74.7 cm³/mol. The second-order valence-corrected chi connectivity index (χ2v) is 5.48. The molecule has 1 aromatic rings. The molecule has 0 spiro atoms. The number of hydrogen-bond donors (Lipinski definition) is 2. The van der Waals surface area contributed by atoms with Gasteiger partial charge in [-0.1, -0.05) is 30.3 Å². The number of benzene rings is 1. The van der Waals surface area contributed by atoms with Gasteiger partial charge in [-0.2, -0.15) is 0 Å². The summed E-state index contributed by atoms with van der Waals surface area (Å²) in [6.45, 7) is 4.02. The maximum atomic E-state index is 10.1. The van der Waals surface area contributed by atoms with Gasteiger partial charge in [0.1, 0.15) is 0 Å². The van der Waals surface area contributed by atoms with Gasteiger partial charge in [-0.3, -0.25) is 0 Å². The summed E-state index contributed by atoms with van der Waals surface area (Å²) >= 11 is 0. The van der Waals surface area contributed by atoms with Crippen molar-refractivity contribution in [2.24, 2.45) is 0 Å². The van der Waals surface area contributed by atoms with Crippen LogP contribution in [0.1, 0.15) is 50.2 Å². The Hall–Kier alpha value is -0.570. The van der Waals surface area contributed by atoms with Gasteiger partial charge in [0.25, 0.3) is 0 Å². The van der Waals surface area contributed by atoms with Crippen molar-refractivity contribution in [3.05, 3.63) is 35.9 Å². The molecule has 1 aliphatic heterocycles. The zero-order chi connectivity index (χ0) is 12.6. The largest absolute Gasteiger partial charge is 1.00 e. The lowest BCUT2D eigenvalue weighted by Gasteiger charge is -2.23. The minimum absolute atomic E-state index is 0. The van der Waals surface area contributed by atoms with Gasteiger partial charge in [-0.25, -0.2) is 0 Å². The minimum Gasteiger partial charge on any atom is -1.00 e. The Balaban J connectivity index is 0.00000180. The average Bonchev–Trinajstić information content (AvgIpc) is 2.45. The van der Waals surface area contributed by atoms with Crippen LogP contribution >= 0.6 is 0 Å². The van der Waals surface area contributed by atoms with Crippen molar-refractivity contribution in [2.75, 3.05) is 19.6 Å². The Morgan fingerprint density at radius 2 is 1.68 bits per heavy atom. The van der Waals surface area contributed by atoms with Gasteiger partial charge < -0.3 is 22.4 Å². The number of halogens is 1. The van der Waals surface area contributed by atoms with Crippen LogP contribution in [0.5, 0.6) is 0 Å². The third-order valence-corrected chi connectivity index (χ3v) is 4.00. The van der Waals surface area contributed by atoms with E-state index in [4.69, 9.17) is 0 Å². The van der Waals surface area contributed by atoms with Gasteiger partial charge >= 0.3 is 0 Å². The highest BCUT2D eigenvalue weighted by Gasteiger charge is 2.13. The lowest BCUT2D eigenvalue weighted by molar-refractivity contribution is -0.905. The molecule has 1 aromatic carbocycles. The van der Waals surface area contributed by atoms with Gasteiger partial charge in [0.2, 0.25) is 0 Å². The SMILES string of the molecule is OC(CCCC[NH+]1CCCCC1)c1ccccc1.[Cl-]. The van der Waals surface area contributed by atoms with Crippen LogP contribution in [0.3, 0.4) is 0 Å². The summed E-state index contributed by atoms with van der Waals surface area (Å²) in [5.41, 5.74) is 1.06. The first-order chi connectivity index (χ1) is 8.86. The third kappa shape index (κ3) is 5.94. The Kier molecular flexibility index (Phi) is 8.11. The molecule has 2 rings (SSSR count).